The molecule has 0 amide bonds. The Kier molecular flexibility index (Phi) is 7.10. The Hall–Kier alpha value is -7.68. The zero-order chi connectivity index (χ0) is 40.4. The minimum atomic E-state index is -0.126. The molecule has 0 aliphatic heterocycles. The molecule has 2 nitrogen and oxygen atoms in total. The average molecular weight is 778 g/mol. The van der Waals surface area contributed by atoms with Gasteiger partial charge in [-0.3, -0.25) is 0 Å². The molecule has 0 spiro atoms. The number of hydrogen-bond donors (Lipinski definition) is 0. The summed E-state index contributed by atoms with van der Waals surface area (Å²) in [5, 5.41) is 12.3. The van der Waals surface area contributed by atoms with E-state index in [-0.39, 0.29) is 5.41 Å². The van der Waals surface area contributed by atoms with Crippen LogP contribution in [-0.4, -0.2) is 0 Å². The number of fused-ring (bicyclic) bond motifs is 8. The van der Waals surface area contributed by atoms with Gasteiger partial charge < -0.3 is 9.32 Å². The molecule has 0 saturated heterocycles. The van der Waals surface area contributed by atoms with E-state index in [2.05, 4.69) is 219 Å². The SMILES string of the molecule is CC1(C)c2ccccc2-c2ccc(N(c3ccccc3)c3cccc4oc5c6ccccc6c(-c6cccc(-c7ccc8ccc9cccc%10ccc7c8c9%10)c6)cc5c34)cc21. The Labute approximate surface area is 353 Å². The van der Waals surface area contributed by atoms with Crippen LogP contribution in [0.5, 0.6) is 0 Å². The number of benzene rings is 11. The van der Waals surface area contributed by atoms with Crippen molar-refractivity contribution in [3.63, 3.8) is 0 Å². The molecular formula is C59H39NO. The molecule has 0 unspecified atom stereocenters. The van der Waals surface area contributed by atoms with Gasteiger partial charge >= 0.3 is 0 Å². The predicted octanol–water partition coefficient (Wildman–Crippen LogP) is 16.7. The van der Waals surface area contributed by atoms with E-state index in [9.17, 15) is 0 Å². The maximum atomic E-state index is 6.94. The summed E-state index contributed by atoms with van der Waals surface area (Å²) in [5.41, 5.74) is 15.1. The lowest BCUT2D eigenvalue weighted by atomic mass is 9.82. The van der Waals surface area contributed by atoms with E-state index in [1.54, 1.807) is 0 Å². The molecule has 1 aliphatic carbocycles. The van der Waals surface area contributed by atoms with Gasteiger partial charge in [-0.25, -0.2) is 0 Å². The molecule has 1 heterocycles. The predicted molar refractivity (Wildman–Crippen MR) is 258 cm³/mol. The number of anilines is 3. The molecule has 1 aromatic heterocycles. The highest BCUT2D eigenvalue weighted by molar-refractivity contribution is 6.26. The summed E-state index contributed by atoms with van der Waals surface area (Å²) in [6.45, 7) is 4.70. The van der Waals surface area contributed by atoms with Crippen molar-refractivity contribution in [2.45, 2.75) is 19.3 Å². The zero-order valence-corrected chi connectivity index (χ0v) is 33.9. The smallest absolute Gasteiger partial charge is 0.143 e. The van der Waals surface area contributed by atoms with E-state index < -0.39 is 0 Å². The van der Waals surface area contributed by atoms with Crippen molar-refractivity contribution in [2.75, 3.05) is 4.90 Å². The van der Waals surface area contributed by atoms with Gasteiger partial charge in [0.05, 0.1) is 11.1 Å². The van der Waals surface area contributed by atoms with Crippen molar-refractivity contribution >= 4 is 82.1 Å². The Morgan fingerprint density at radius 1 is 0.377 bits per heavy atom. The first-order valence-corrected chi connectivity index (χ1v) is 21.3. The summed E-state index contributed by atoms with van der Waals surface area (Å²) >= 11 is 0. The minimum absolute atomic E-state index is 0.126. The molecule has 12 aromatic rings. The second-order valence-corrected chi connectivity index (χ2v) is 17.2. The highest BCUT2D eigenvalue weighted by Gasteiger charge is 2.36. The van der Waals surface area contributed by atoms with Crippen molar-refractivity contribution < 1.29 is 4.42 Å². The molecule has 13 rings (SSSR count). The van der Waals surface area contributed by atoms with Gasteiger partial charge in [0.15, 0.2) is 0 Å². The van der Waals surface area contributed by atoms with Crippen molar-refractivity contribution in [1.82, 2.24) is 0 Å². The number of hydrogen-bond acceptors (Lipinski definition) is 2. The topological polar surface area (TPSA) is 16.4 Å². The van der Waals surface area contributed by atoms with Crippen LogP contribution in [0.2, 0.25) is 0 Å². The first kappa shape index (κ1) is 34.2. The third-order valence-electron chi connectivity index (χ3n) is 13.6. The van der Waals surface area contributed by atoms with Crippen LogP contribution in [0, 0.1) is 0 Å². The summed E-state index contributed by atoms with van der Waals surface area (Å²) in [5.74, 6) is 0. The fraction of sp³-hybridized carbons (Fsp3) is 0.0508. The first-order chi connectivity index (χ1) is 30.0. The van der Waals surface area contributed by atoms with E-state index in [1.807, 2.05) is 0 Å². The molecule has 286 valence electrons. The lowest BCUT2D eigenvalue weighted by Gasteiger charge is -2.28. The fourth-order valence-electron chi connectivity index (χ4n) is 10.7. The zero-order valence-electron chi connectivity index (χ0n) is 33.9. The average Bonchev–Trinajstić information content (AvgIpc) is 3.81. The van der Waals surface area contributed by atoms with Crippen LogP contribution in [0.4, 0.5) is 17.1 Å². The molecular weight excluding hydrogens is 739 g/mol. The summed E-state index contributed by atoms with van der Waals surface area (Å²) < 4.78 is 6.94. The quantitative estimate of drug-likeness (QED) is 0.162. The summed E-state index contributed by atoms with van der Waals surface area (Å²) in [6.07, 6.45) is 0. The van der Waals surface area contributed by atoms with Gasteiger partial charge in [0.2, 0.25) is 0 Å². The Bertz CT molecular complexity index is 3720. The van der Waals surface area contributed by atoms with Gasteiger partial charge in [0, 0.05) is 27.6 Å². The molecule has 0 bridgehead atoms. The molecule has 0 atom stereocenters. The molecule has 0 fully saturated rings. The molecule has 0 saturated carbocycles. The summed E-state index contributed by atoms with van der Waals surface area (Å²) in [4.78, 5) is 2.42. The van der Waals surface area contributed by atoms with Gasteiger partial charge in [0.1, 0.15) is 11.2 Å². The number of para-hydroxylation sites is 1. The van der Waals surface area contributed by atoms with Crippen molar-refractivity contribution in [3.05, 3.63) is 211 Å². The van der Waals surface area contributed by atoms with Crippen LogP contribution in [-0.2, 0) is 5.41 Å². The van der Waals surface area contributed by atoms with E-state index in [0.29, 0.717) is 0 Å². The lowest BCUT2D eigenvalue weighted by molar-refractivity contribution is 0.660. The Morgan fingerprint density at radius 2 is 1.03 bits per heavy atom. The molecule has 11 aromatic carbocycles. The standard InChI is InChI=1S/C59H39NO/c1-59(2)51-22-9-8-20-45(51)46-32-29-42(34-52(46)59)60(41-17-4-3-5-18-41)53-23-12-24-54-57(53)50-35-49(44-19-6-7-21-48(44)58(50)61-54)40-16-11-15-39(33-40)43-30-27-38-26-25-36-13-10-14-37-28-31-47(43)56(38)55(36)37/h3-35H,1-2H3. The monoisotopic (exact) mass is 777 g/mol. The van der Waals surface area contributed by atoms with Crippen LogP contribution in [0.15, 0.2) is 205 Å². The van der Waals surface area contributed by atoms with Crippen LogP contribution < -0.4 is 4.90 Å². The van der Waals surface area contributed by atoms with Crippen molar-refractivity contribution in [1.29, 1.82) is 0 Å². The second-order valence-electron chi connectivity index (χ2n) is 17.2. The van der Waals surface area contributed by atoms with E-state index in [0.717, 1.165) is 44.4 Å². The molecule has 0 N–H and O–H groups in total. The first-order valence-electron chi connectivity index (χ1n) is 21.3. The van der Waals surface area contributed by atoms with Gasteiger partial charge in [-0.05, 0) is 131 Å². The molecule has 1 aliphatic rings. The van der Waals surface area contributed by atoms with E-state index >= 15 is 0 Å². The molecule has 2 heteroatoms. The van der Waals surface area contributed by atoms with Crippen molar-refractivity contribution in [2.24, 2.45) is 0 Å². The third kappa shape index (κ3) is 4.91. The second kappa shape index (κ2) is 12.7. The van der Waals surface area contributed by atoms with Gasteiger partial charge in [-0.2, -0.15) is 0 Å². The van der Waals surface area contributed by atoms with E-state index in [4.69, 9.17) is 4.42 Å². The van der Waals surface area contributed by atoms with Crippen LogP contribution in [0.1, 0.15) is 25.0 Å². The van der Waals surface area contributed by atoms with Crippen molar-refractivity contribution in [3.8, 4) is 33.4 Å². The fourth-order valence-corrected chi connectivity index (χ4v) is 10.7. The Morgan fingerprint density at radius 3 is 1.89 bits per heavy atom. The van der Waals surface area contributed by atoms with Gasteiger partial charge in [-0.1, -0.05) is 166 Å². The third-order valence-corrected chi connectivity index (χ3v) is 13.6. The maximum absolute atomic E-state index is 6.94. The number of furan rings is 1. The highest BCUT2D eigenvalue weighted by atomic mass is 16.3. The Balaban J connectivity index is 1.03. The van der Waals surface area contributed by atoms with Crippen LogP contribution in [0.3, 0.4) is 0 Å². The lowest BCUT2D eigenvalue weighted by Crippen LogP contribution is -2.16. The summed E-state index contributed by atoms with van der Waals surface area (Å²) in [7, 11) is 0. The maximum Gasteiger partial charge on any atom is 0.143 e. The van der Waals surface area contributed by atoms with Gasteiger partial charge in [0.25, 0.3) is 0 Å². The van der Waals surface area contributed by atoms with Crippen LogP contribution >= 0.6 is 0 Å². The van der Waals surface area contributed by atoms with Gasteiger partial charge in [-0.15, -0.1) is 0 Å². The summed E-state index contributed by atoms with van der Waals surface area (Å²) in [6, 6.07) is 73.7. The highest BCUT2D eigenvalue weighted by Crippen LogP contribution is 2.52. The number of rotatable bonds is 5. The largest absolute Gasteiger partial charge is 0.455 e. The molecule has 0 radical (unpaired) electrons. The minimum Gasteiger partial charge on any atom is -0.455 e. The van der Waals surface area contributed by atoms with E-state index in [1.165, 1.54) is 82.2 Å². The number of nitrogens with zero attached hydrogens (tertiary/aromatic N) is 1. The van der Waals surface area contributed by atoms with Crippen LogP contribution in [0.25, 0.3) is 98.4 Å². The normalized spacial score (nSPS) is 13.2. The molecule has 61 heavy (non-hydrogen) atoms.